The fourth-order valence-electron chi connectivity index (χ4n) is 1.66. The summed E-state index contributed by atoms with van der Waals surface area (Å²) < 4.78 is 26.3. The van der Waals surface area contributed by atoms with Crippen molar-refractivity contribution in [1.29, 1.82) is 0 Å². The lowest BCUT2D eigenvalue weighted by atomic mass is 10.2. The van der Waals surface area contributed by atoms with E-state index in [9.17, 15) is 13.6 Å². The maximum absolute atomic E-state index is 13.4. The molecule has 2 N–H and O–H groups in total. The monoisotopic (exact) mass is 251 g/mol. The van der Waals surface area contributed by atoms with Gasteiger partial charge in [0.05, 0.1) is 16.9 Å². The van der Waals surface area contributed by atoms with Crippen molar-refractivity contribution in [3.63, 3.8) is 0 Å². The first-order valence-electron chi connectivity index (χ1n) is 5.27. The maximum atomic E-state index is 13.4. The van der Waals surface area contributed by atoms with E-state index in [1.807, 2.05) is 0 Å². The van der Waals surface area contributed by atoms with E-state index in [1.165, 1.54) is 0 Å². The third kappa shape index (κ3) is 2.22. The number of H-pyrrole nitrogens is 1. The van der Waals surface area contributed by atoms with Gasteiger partial charge in [0.15, 0.2) is 0 Å². The Kier molecular flexibility index (Phi) is 3.10. The molecule has 0 aliphatic heterocycles. The molecular formula is C12H11F2N3O. The lowest BCUT2D eigenvalue weighted by molar-refractivity contribution is 0.102. The van der Waals surface area contributed by atoms with E-state index in [2.05, 4.69) is 15.5 Å². The van der Waals surface area contributed by atoms with Crippen LogP contribution in [0, 0.1) is 25.5 Å². The van der Waals surface area contributed by atoms with Gasteiger partial charge in [-0.15, -0.1) is 0 Å². The molecule has 0 saturated carbocycles. The van der Waals surface area contributed by atoms with Crippen molar-refractivity contribution in [2.24, 2.45) is 0 Å². The fraction of sp³-hybridized carbons (Fsp3) is 0.167. The summed E-state index contributed by atoms with van der Waals surface area (Å²) >= 11 is 0. The topological polar surface area (TPSA) is 57.8 Å². The van der Waals surface area contributed by atoms with E-state index >= 15 is 0 Å². The number of hydrogen-bond acceptors (Lipinski definition) is 2. The third-order valence-corrected chi connectivity index (χ3v) is 2.53. The fourth-order valence-corrected chi connectivity index (χ4v) is 1.66. The van der Waals surface area contributed by atoms with Crippen LogP contribution in [0.2, 0.25) is 0 Å². The molecule has 0 bridgehead atoms. The van der Waals surface area contributed by atoms with Crippen LogP contribution in [0.15, 0.2) is 18.2 Å². The number of anilines is 1. The van der Waals surface area contributed by atoms with Gasteiger partial charge in [0.1, 0.15) is 11.6 Å². The SMILES string of the molecule is Cc1n[nH]c(C)c1C(=O)Nc1cc(F)ccc1F. The van der Waals surface area contributed by atoms with Crippen LogP contribution in [0.5, 0.6) is 0 Å². The van der Waals surface area contributed by atoms with Gasteiger partial charge in [-0.2, -0.15) is 5.10 Å². The molecule has 2 rings (SSSR count). The molecule has 0 spiro atoms. The van der Waals surface area contributed by atoms with Crippen LogP contribution in [-0.2, 0) is 0 Å². The van der Waals surface area contributed by atoms with Crippen molar-refractivity contribution in [2.45, 2.75) is 13.8 Å². The first kappa shape index (κ1) is 12.2. The first-order valence-corrected chi connectivity index (χ1v) is 5.27. The van der Waals surface area contributed by atoms with Crippen LogP contribution in [-0.4, -0.2) is 16.1 Å². The van der Waals surface area contributed by atoms with E-state index < -0.39 is 17.5 Å². The van der Waals surface area contributed by atoms with Crippen molar-refractivity contribution in [3.05, 3.63) is 46.8 Å². The van der Waals surface area contributed by atoms with Gasteiger partial charge in [0.2, 0.25) is 0 Å². The smallest absolute Gasteiger partial charge is 0.259 e. The number of aromatic nitrogens is 2. The number of aryl methyl sites for hydroxylation is 2. The Morgan fingerprint density at radius 1 is 1.33 bits per heavy atom. The van der Waals surface area contributed by atoms with Gasteiger partial charge in [-0.25, -0.2) is 8.78 Å². The Hall–Kier alpha value is -2.24. The van der Waals surface area contributed by atoms with Gasteiger partial charge in [0, 0.05) is 11.8 Å². The van der Waals surface area contributed by atoms with Crippen LogP contribution >= 0.6 is 0 Å². The molecule has 0 radical (unpaired) electrons. The largest absolute Gasteiger partial charge is 0.319 e. The number of amides is 1. The number of nitrogens with one attached hydrogen (secondary N) is 2. The van der Waals surface area contributed by atoms with Crippen molar-refractivity contribution < 1.29 is 13.6 Å². The van der Waals surface area contributed by atoms with E-state index in [0.717, 1.165) is 18.2 Å². The number of rotatable bonds is 2. The molecule has 1 aromatic heterocycles. The van der Waals surface area contributed by atoms with Gasteiger partial charge in [0.25, 0.3) is 5.91 Å². The van der Waals surface area contributed by atoms with E-state index in [-0.39, 0.29) is 5.69 Å². The summed E-state index contributed by atoms with van der Waals surface area (Å²) in [5.41, 5.74) is 1.21. The average Bonchev–Trinajstić information content (AvgIpc) is 2.63. The van der Waals surface area contributed by atoms with Gasteiger partial charge in [-0.05, 0) is 26.0 Å². The second-order valence-corrected chi connectivity index (χ2v) is 3.89. The second kappa shape index (κ2) is 4.56. The summed E-state index contributed by atoms with van der Waals surface area (Å²) in [5.74, 6) is -1.83. The van der Waals surface area contributed by atoms with Gasteiger partial charge < -0.3 is 5.32 Å². The quantitative estimate of drug-likeness (QED) is 0.861. The highest BCUT2D eigenvalue weighted by atomic mass is 19.1. The molecule has 0 atom stereocenters. The van der Waals surface area contributed by atoms with Crippen molar-refractivity contribution >= 4 is 11.6 Å². The highest BCUT2D eigenvalue weighted by Gasteiger charge is 2.16. The van der Waals surface area contributed by atoms with Crippen LogP contribution < -0.4 is 5.32 Å². The highest BCUT2D eigenvalue weighted by molar-refractivity contribution is 6.05. The van der Waals surface area contributed by atoms with Crippen molar-refractivity contribution in [1.82, 2.24) is 10.2 Å². The minimum Gasteiger partial charge on any atom is -0.319 e. The summed E-state index contributed by atoms with van der Waals surface area (Å²) in [6.07, 6.45) is 0. The minimum absolute atomic E-state index is 0.194. The normalized spacial score (nSPS) is 10.4. The Morgan fingerprint density at radius 2 is 2.06 bits per heavy atom. The minimum atomic E-state index is -0.691. The number of halogens is 2. The third-order valence-electron chi connectivity index (χ3n) is 2.53. The Labute approximate surface area is 102 Å². The summed E-state index contributed by atoms with van der Waals surface area (Å²) in [4.78, 5) is 11.9. The number of carbonyl (C=O) groups excluding carboxylic acids is 1. The van der Waals surface area contributed by atoms with Crippen LogP contribution in [0.25, 0.3) is 0 Å². The summed E-state index contributed by atoms with van der Waals surface area (Å²) in [7, 11) is 0. The highest BCUT2D eigenvalue weighted by Crippen LogP contribution is 2.18. The van der Waals surface area contributed by atoms with Crippen molar-refractivity contribution in [2.75, 3.05) is 5.32 Å². The molecule has 0 aliphatic carbocycles. The predicted molar refractivity (Wildman–Crippen MR) is 62.4 cm³/mol. The van der Waals surface area contributed by atoms with Gasteiger partial charge in [-0.1, -0.05) is 0 Å². The van der Waals surface area contributed by atoms with Crippen LogP contribution in [0.3, 0.4) is 0 Å². The summed E-state index contributed by atoms with van der Waals surface area (Å²) in [5, 5.41) is 8.84. The molecule has 1 amide bonds. The van der Waals surface area contributed by atoms with Gasteiger partial charge in [-0.3, -0.25) is 9.89 Å². The average molecular weight is 251 g/mol. The molecule has 0 fully saturated rings. The lowest BCUT2D eigenvalue weighted by Crippen LogP contribution is -2.14. The molecule has 6 heteroatoms. The molecule has 0 unspecified atom stereocenters. The number of hydrogen-bond donors (Lipinski definition) is 2. The molecule has 1 heterocycles. The lowest BCUT2D eigenvalue weighted by Gasteiger charge is -2.06. The molecule has 1 aromatic carbocycles. The molecular weight excluding hydrogens is 240 g/mol. The van der Waals surface area contributed by atoms with E-state index in [4.69, 9.17) is 0 Å². The molecule has 0 aliphatic rings. The first-order chi connectivity index (χ1) is 8.49. The number of aromatic amines is 1. The number of carbonyl (C=O) groups is 1. The van der Waals surface area contributed by atoms with Gasteiger partial charge >= 0.3 is 0 Å². The Balaban J connectivity index is 2.30. The molecule has 2 aromatic rings. The summed E-state index contributed by atoms with van der Waals surface area (Å²) in [6.45, 7) is 3.33. The van der Waals surface area contributed by atoms with Crippen LogP contribution in [0.4, 0.5) is 14.5 Å². The maximum Gasteiger partial charge on any atom is 0.259 e. The zero-order valence-electron chi connectivity index (χ0n) is 9.84. The zero-order valence-corrected chi connectivity index (χ0v) is 9.84. The zero-order chi connectivity index (χ0) is 13.3. The molecule has 18 heavy (non-hydrogen) atoms. The summed E-state index contributed by atoms with van der Waals surface area (Å²) in [6, 6.07) is 2.87. The second-order valence-electron chi connectivity index (χ2n) is 3.89. The molecule has 94 valence electrons. The van der Waals surface area contributed by atoms with Crippen molar-refractivity contribution in [3.8, 4) is 0 Å². The van der Waals surface area contributed by atoms with E-state index in [1.54, 1.807) is 13.8 Å². The molecule has 0 saturated heterocycles. The predicted octanol–water partition coefficient (Wildman–Crippen LogP) is 2.56. The number of benzene rings is 1. The van der Waals surface area contributed by atoms with E-state index in [0.29, 0.717) is 17.0 Å². The Morgan fingerprint density at radius 3 is 2.67 bits per heavy atom. The Bertz CT molecular complexity index is 588. The number of nitrogens with zero attached hydrogens (tertiary/aromatic N) is 1. The van der Waals surface area contributed by atoms with Crippen LogP contribution in [0.1, 0.15) is 21.7 Å². The standard InChI is InChI=1S/C12H11F2N3O/c1-6-11(7(2)17-16-6)12(18)15-10-5-8(13)3-4-9(10)14/h3-5H,1-2H3,(H,15,18)(H,16,17). The molecule has 4 nitrogen and oxygen atoms in total.